The number of ether oxygens (including phenoxy) is 1. The van der Waals surface area contributed by atoms with Crippen LogP contribution in [-0.4, -0.2) is 19.7 Å². The van der Waals surface area contributed by atoms with Gasteiger partial charge >= 0.3 is 58.4 Å². The molecular weight excluding hydrogens is 251 g/mol. The van der Waals surface area contributed by atoms with Crippen molar-refractivity contribution in [1.29, 1.82) is 0 Å². The van der Waals surface area contributed by atoms with E-state index in [1.165, 1.54) is 7.11 Å². The number of rotatable bonds is 4. The van der Waals surface area contributed by atoms with Crippen molar-refractivity contribution in [2.24, 2.45) is 0 Å². The van der Waals surface area contributed by atoms with Crippen LogP contribution in [0.1, 0.15) is 0 Å². The van der Waals surface area contributed by atoms with E-state index in [0.717, 1.165) is 11.8 Å². The van der Waals surface area contributed by atoms with Gasteiger partial charge in [0.2, 0.25) is 0 Å². The fourth-order valence-electron chi connectivity index (χ4n) is 0.922. The number of methoxy groups -OCH3 is 1. The Balaban J connectivity index is 0.00000196. The van der Waals surface area contributed by atoms with Gasteiger partial charge < -0.3 is 17.7 Å². The number of thioether (sulfide) groups is 1. The molecule has 1 aromatic carbocycles. The van der Waals surface area contributed by atoms with Crippen LogP contribution < -0.4 is 56.1 Å². The Morgan fingerprint density at radius 1 is 1.27 bits per heavy atom. The molecule has 0 aliphatic heterocycles. The predicted molar refractivity (Wildman–Crippen MR) is 52.8 cm³/mol. The van der Waals surface area contributed by atoms with E-state index in [4.69, 9.17) is 4.74 Å². The van der Waals surface area contributed by atoms with Crippen molar-refractivity contribution in [3.8, 4) is 5.75 Å². The van der Waals surface area contributed by atoms with E-state index in [9.17, 15) is 12.9 Å². The Kier molecular flexibility index (Phi) is 7.65. The molecule has 0 spiro atoms. The van der Waals surface area contributed by atoms with Crippen LogP contribution >= 0.6 is 11.8 Å². The second kappa shape index (κ2) is 7.24. The molecule has 0 atom stereocenters. The summed E-state index contributed by atoms with van der Waals surface area (Å²) < 4.78 is 40.9. The molecule has 15 heavy (non-hydrogen) atoms. The first-order valence-corrected chi connectivity index (χ1v) is 4.98. The average Bonchev–Trinajstić information content (AvgIpc) is 2.14. The van der Waals surface area contributed by atoms with Crippen molar-refractivity contribution in [2.75, 3.05) is 12.8 Å². The molecule has 0 heterocycles. The quantitative estimate of drug-likeness (QED) is 0.564. The molecule has 1 nitrogen and oxygen atoms in total. The van der Waals surface area contributed by atoms with Gasteiger partial charge in [-0.15, -0.1) is 0 Å². The molecule has 0 bridgehead atoms. The van der Waals surface area contributed by atoms with Gasteiger partial charge in [-0.2, -0.15) is 11.8 Å². The number of benzene rings is 1. The Labute approximate surface area is 134 Å². The Morgan fingerprint density at radius 3 is 2.40 bits per heavy atom. The molecule has 0 aliphatic rings. The van der Waals surface area contributed by atoms with Gasteiger partial charge in [0, 0.05) is 4.90 Å². The minimum absolute atomic E-state index is 0. The van der Waals surface area contributed by atoms with Gasteiger partial charge in [-0.05, 0) is 17.8 Å². The fraction of sp³-hybridized carbons (Fsp3) is 0.250. The van der Waals surface area contributed by atoms with E-state index in [1.807, 2.05) is 0 Å². The van der Waals surface area contributed by atoms with Crippen LogP contribution in [0.3, 0.4) is 0 Å². The van der Waals surface area contributed by atoms with E-state index >= 15 is 0 Å². The molecule has 0 aromatic heterocycles. The maximum Gasteiger partial charge on any atom is 1.00 e. The first-order valence-electron chi connectivity index (χ1n) is 4.00. The molecule has 7 heteroatoms. The summed E-state index contributed by atoms with van der Waals surface area (Å²) in [5, 5.41) is 0. The molecule has 0 saturated carbocycles. The van der Waals surface area contributed by atoms with Gasteiger partial charge in [0.15, 0.2) is 0 Å². The van der Waals surface area contributed by atoms with E-state index in [2.05, 4.69) is 0 Å². The summed E-state index contributed by atoms with van der Waals surface area (Å²) in [6.07, 6.45) is 0. The Morgan fingerprint density at radius 2 is 1.87 bits per heavy atom. The molecule has 1 aromatic rings. The van der Waals surface area contributed by atoms with Crippen molar-refractivity contribution in [3.05, 3.63) is 24.3 Å². The second-order valence-electron chi connectivity index (χ2n) is 2.67. The Bertz CT molecular complexity index is 308. The zero-order valence-corrected chi connectivity index (χ0v) is 12.5. The molecule has 0 unspecified atom stereocenters. The molecule has 0 saturated heterocycles. The molecule has 0 fully saturated rings. The zero-order valence-electron chi connectivity index (χ0n) is 8.54. The van der Waals surface area contributed by atoms with Crippen LogP contribution in [0.5, 0.6) is 5.75 Å². The first-order chi connectivity index (χ1) is 6.53. The van der Waals surface area contributed by atoms with Crippen molar-refractivity contribution in [1.82, 2.24) is 0 Å². The van der Waals surface area contributed by atoms with Crippen LogP contribution in [0.25, 0.3) is 0 Å². The molecule has 0 N–H and O–H groups in total. The second-order valence-corrected chi connectivity index (χ2v) is 3.73. The van der Waals surface area contributed by atoms with Gasteiger partial charge in [-0.25, -0.2) is 0 Å². The van der Waals surface area contributed by atoms with Gasteiger partial charge in [0.25, 0.3) is 0 Å². The monoisotopic (exact) mass is 260 g/mol. The van der Waals surface area contributed by atoms with E-state index in [0.29, 0.717) is 10.6 Å². The summed E-state index contributed by atoms with van der Waals surface area (Å²) in [5.74, 6) is 0.484. The van der Waals surface area contributed by atoms with Crippen LogP contribution in [0.2, 0.25) is 0 Å². The largest absolute Gasteiger partial charge is 1.00 e. The minimum atomic E-state index is -4.74. The molecule has 0 aliphatic carbocycles. The van der Waals surface area contributed by atoms with Gasteiger partial charge in [0.1, 0.15) is 5.75 Å². The third-order valence-electron chi connectivity index (χ3n) is 1.50. The predicted octanol–water partition coefficient (Wildman–Crippen LogP) is 0.178. The zero-order chi connectivity index (χ0) is 10.6. The van der Waals surface area contributed by atoms with Crippen LogP contribution in [-0.2, 0) is 0 Å². The first kappa shape index (κ1) is 15.9. The van der Waals surface area contributed by atoms with Crippen LogP contribution in [0, 0.1) is 0 Å². The Hall–Kier alpha value is 0.861. The number of hydrogen-bond acceptors (Lipinski definition) is 2. The van der Waals surface area contributed by atoms with Gasteiger partial charge in [0.05, 0.1) is 7.11 Å². The average molecular weight is 260 g/mol. The van der Waals surface area contributed by atoms with Crippen molar-refractivity contribution < 1.29 is 69.1 Å². The topological polar surface area (TPSA) is 9.23 Å². The normalized spacial score (nSPS) is 10.7. The maximum atomic E-state index is 12.0. The van der Waals surface area contributed by atoms with E-state index in [1.54, 1.807) is 24.3 Å². The van der Waals surface area contributed by atoms with Crippen molar-refractivity contribution >= 4 is 18.7 Å². The fourth-order valence-corrected chi connectivity index (χ4v) is 1.76. The maximum absolute atomic E-state index is 12.0. The van der Waals surface area contributed by atoms with Crippen molar-refractivity contribution in [3.63, 3.8) is 0 Å². The number of halogens is 3. The molecule has 0 amide bonds. The summed E-state index contributed by atoms with van der Waals surface area (Å²) >= 11 is 0.756. The van der Waals surface area contributed by atoms with Gasteiger partial charge in [-0.1, -0.05) is 12.1 Å². The summed E-state index contributed by atoms with van der Waals surface area (Å²) in [5.41, 5.74) is -0.833. The molecule has 1 rings (SSSR count). The van der Waals surface area contributed by atoms with Crippen LogP contribution in [0.15, 0.2) is 29.2 Å². The minimum Gasteiger partial charge on any atom is -0.496 e. The number of para-hydroxylation sites is 1. The third kappa shape index (κ3) is 6.23. The standard InChI is InChI=1S/C8H9BF3OS.K/c1-13-7-4-2-3-5-8(7)14-6-9(10,11)12;/h2-5H,6H2,1H3;/q-1;+1. The molecule has 0 radical (unpaired) electrons. The molecular formula is C8H9BF3KOS. The summed E-state index contributed by atoms with van der Waals surface area (Å²) in [6, 6.07) is 6.67. The summed E-state index contributed by atoms with van der Waals surface area (Å²) in [7, 11) is 1.44. The summed E-state index contributed by atoms with van der Waals surface area (Å²) in [4.78, 5) is 0.522. The summed E-state index contributed by atoms with van der Waals surface area (Å²) in [6.45, 7) is -4.74. The third-order valence-corrected chi connectivity index (χ3v) is 2.69. The van der Waals surface area contributed by atoms with E-state index < -0.39 is 12.6 Å². The van der Waals surface area contributed by atoms with Crippen molar-refractivity contribution in [2.45, 2.75) is 4.90 Å². The van der Waals surface area contributed by atoms with Gasteiger partial charge in [-0.3, -0.25) is 0 Å². The molecule has 78 valence electrons. The van der Waals surface area contributed by atoms with Crippen LogP contribution in [0.4, 0.5) is 12.9 Å². The smallest absolute Gasteiger partial charge is 0.496 e. The number of hydrogen-bond donors (Lipinski definition) is 0. The van der Waals surface area contributed by atoms with E-state index in [-0.39, 0.29) is 51.4 Å². The SMILES string of the molecule is COc1ccccc1SC[B-](F)(F)F.[K+].